The summed E-state index contributed by atoms with van der Waals surface area (Å²) in [6, 6.07) is 15.0. The first-order valence-corrected chi connectivity index (χ1v) is 11.2. The Balaban J connectivity index is 1.78. The number of hydrogen-bond donors (Lipinski definition) is 1. The summed E-state index contributed by atoms with van der Waals surface area (Å²) in [5, 5.41) is 3.74. The van der Waals surface area contributed by atoms with Crippen molar-refractivity contribution in [2.75, 3.05) is 0 Å². The second-order valence-corrected chi connectivity index (χ2v) is 8.64. The van der Waals surface area contributed by atoms with E-state index in [-0.39, 0.29) is 24.3 Å². The molecule has 1 atom stereocenters. The van der Waals surface area contributed by atoms with Crippen LogP contribution in [0.2, 0.25) is 5.02 Å². The zero-order valence-corrected chi connectivity index (χ0v) is 18.6. The summed E-state index contributed by atoms with van der Waals surface area (Å²) in [6.45, 7) is 4.25. The van der Waals surface area contributed by atoms with Crippen LogP contribution in [0.3, 0.4) is 0 Å². The summed E-state index contributed by atoms with van der Waals surface area (Å²) >= 11 is 6.28. The fourth-order valence-electron chi connectivity index (χ4n) is 4.03. The molecule has 1 aliphatic rings. The van der Waals surface area contributed by atoms with Crippen molar-refractivity contribution < 1.29 is 9.59 Å². The van der Waals surface area contributed by atoms with Gasteiger partial charge in [-0.1, -0.05) is 73.3 Å². The highest BCUT2D eigenvalue weighted by Crippen LogP contribution is 2.21. The van der Waals surface area contributed by atoms with E-state index >= 15 is 0 Å². The molecule has 0 heterocycles. The van der Waals surface area contributed by atoms with Gasteiger partial charge in [-0.3, -0.25) is 9.59 Å². The molecular formula is C25H31ClN2O2. The molecule has 1 unspecified atom stereocenters. The molecule has 3 rings (SSSR count). The van der Waals surface area contributed by atoms with Crippen LogP contribution in [0.25, 0.3) is 0 Å². The van der Waals surface area contributed by atoms with Crippen LogP contribution in [0.5, 0.6) is 0 Å². The zero-order chi connectivity index (χ0) is 21.5. The van der Waals surface area contributed by atoms with Crippen LogP contribution in [0, 0.1) is 6.92 Å². The van der Waals surface area contributed by atoms with E-state index in [2.05, 4.69) is 5.32 Å². The van der Waals surface area contributed by atoms with Gasteiger partial charge >= 0.3 is 0 Å². The van der Waals surface area contributed by atoms with Crippen molar-refractivity contribution >= 4 is 23.4 Å². The quantitative estimate of drug-likeness (QED) is 0.672. The highest BCUT2D eigenvalue weighted by atomic mass is 35.5. The van der Waals surface area contributed by atoms with Crippen molar-refractivity contribution in [1.29, 1.82) is 0 Å². The van der Waals surface area contributed by atoms with Crippen molar-refractivity contribution in [2.45, 2.75) is 71.0 Å². The third kappa shape index (κ3) is 5.85. The highest BCUT2D eigenvalue weighted by Gasteiger charge is 2.28. The van der Waals surface area contributed by atoms with Crippen LogP contribution in [0.15, 0.2) is 48.5 Å². The van der Waals surface area contributed by atoms with Crippen molar-refractivity contribution in [3.05, 3.63) is 70.2 Å². The van der Waals surface area contributed by atoms with Gasteiger partial charge in [-0.2, -0.15) is 0 Å². The van der Waals surface area contributed by atoms with Gasteiger partial charge in [0, 0.05) is 17.6 Å². The Morgan fingerprint density at radius 3 is 2.33 bits per heavy atom. The minimum atomic E-state index is -0.554. The van der Waals surface area contributed by atoms with E-state index in [1.807, 2.05) is 56.3 Å². The zero-order valence-electron chi connectivity index (χ0n) is 17.9. The first-order chi connectivity index (χ1) is 14.5. The summed E-state index contributed by atoms with van der Waals surface area (Å²) in [7, 11) is 0. The normalized spacial score (nSPS) is 15.4. The smallest absolute Gasteiger partial charge is 0.242 e. The molecule has 0 spiro atoms. The summed E-state index contributed by atoms with van der Waals surface area (Å²) < 4.78 is 0. The second kappa shape index (κ2) is 10.6. The highest BCUT2D eigenvalue weighted by molar-refractivity contribution is 6.31. The molecule has 2 aromatic rings. The van der Waals surface area contributed by atoms with E-state index in [4.69, 9.17) is 11.6 Å². The lowest BCUT2D eigenvalue weighted by Crippen LogP contribution is -2.50. The third-order valence-electron chi connectivity index (χ3n) is 6.02. The Morgan fingerprint density at radius 1 is 1.03 bits per heavy atom. The van der Waals surface area contributed by atoms with Crippen LogP contribution in [0.1, 0.15) is 55.7 Å². The van der Waals surface area contributed by atoms with Gasteiger partial charge < -0.3 is 10.2 Å². The Bertz CT molecular complexity index is 877. The molecule has 0 aromatic heterocycles. The fourth-order valence-corrected chi connectivity index (χ4v) is 4.23. The molecule has 0 bridgehead atoms. The largest absolute Gasteiger partial charge is 0.352 e. The second-order valence-electron chi connectivity index (χ2n) is 8.24. The molecule has 160 valence electrons. The molecule has 4 nitrogen and oxygen atoms in total. The number of halogens is 1. The third-order valence-corrected chi connectivity index (χ3v) is 6.39. The number of carbonyl (C=O) groups is 2. The van der Waals surface area contributed by atoms with E-state index in [0.717, 1.165) is 42.4 Å². The predicted octanol–water partition coefficient (Wildman–Crippen LogP) is 5.06. The van der Waals surface area contributed by atoms with Gasteiger partial charge in [-0.25, -0.2) is 0 Å². The van der Waals surface area contributed by atoms with Crippen LogP contribution in [-0.2, 0) is 22.6 Å². The van der Waals surface area contributed by atoms with Crippen LogP contribution >= 0.6 is 11.6 Å². The number of nitrogens with zero attached hydrogens (tertiary/aromatic N) is 1. The Hall–Kier alpha value is -2.33. The van der Waals surface area contributed by atoms with Gasteiger partial charge in [0.25, 0.3) is 0 Å². The SMILES string of the molecule is Cc1ccccc1CN(C(=O)Cc1ccccc1Cl)C(C)C(=O)NC1CCCCC1. The summed E-state index contributed by atoms with van der Waals surface area (Å²) in [6.07, 6.45) is 5.74. The minimum absolute atomic E-state index is 0.0806. The number of rotatable bonds is 7. The Labute approximate surface area is 184 Å². The van der Waals surface area contributed by atoms with E-state index in [0.29, 0.717) is 11.6 Å². The van der Waals surface area contributed by atoms with Gasteiger partial charge in [0.15, 0.2) is 0 Å². The number of amides is 2. The average Bonchev–Trinajstić information content (AvgIpc) is 2.75. The van der Waals surface area contributed by atoms with E-state index < -0.39 is 6.04 Å². The molecule has 5 heteroatoms. The number of benzene rings is 2. The topological polar surface area (TPSA) is 49.4 Å². The molecule has 30 heavy (non-hydrogen) atoms. The molecule has 1 N–H and O–H groups in total. The average molecular weight is 427 g/mol. The maximum Gasteiger partial charge on any atom is 0.242 e. The van der Waals surface area contributed by atoms with Crippen LogP contribution in [-0.4, -0.2) is 28.8 Å². The van der Waals surface area contributed by atoms with Gasteiger partial charge in [0.1, 0.15) is 6.04 Å². The lowest BCUT2D eigenvalue weighted by atomic mass is 9.95. The fraction of sp³-hybridized carbons (Fsp3) is 0.440. The molecular weight excluding hydrogens is 396 g/mol. The molecule has 2 amide bonds. The predicted molar refractivity (Wildman–Crippen MR) is 121 cm³/mol. The number of hydrogen-bond acceptors (Lipinski definition) is 2. The molecule has 1 fully saturated rings. The van der Waals surface area contributed by atoms with Gasteiger partial charge in [0.2, 0.25) is 11.8 Å². The lowest BCUT2D eigenvalue weighted by molar-refractivity contribution is -0.140. The van der Waals surface area contributed by atoms with Crippen LogP contribution < -0.4 is 5.32 Å². The van der Waals surface area contributed by atoms with Crippen molar-refractivity contribution in [3.63, 3.8) is 0 Å². The van der Waals surface area contributed by atoms with Crippen molar-refractivity contribution in [3.8, 4) is 0 Å². The molecule has 0 saturated heterocycles. The number of nitrogens with one attached hydrogen (secondary N) is 1. The monoisotopic (exact) mass is 426 g/mol. The molecule has 0 radical (unpaired) electrons. The van der Waals surface area contributed by atoms with Crippen molar-refractivity contribution in [2.24, 2.45) is 0 Å². The van der Waals surface area contributed by atoms with Crippen LogP contribution in [0.4, 0.5) is 0 Å². The summed E-state index contributed by atoms with van der Waals surface area (Å²) in [4.78, 5) is 28.0. The summed E-state index contributed by atoms with van der Waals surface area (Å²) in [5.41, 5.74) is 2.93. The Morgan fingerprint density at radius 2 is 1.67 bits per heavy atom. The molecule has 2 aromatic carbocycles. The molecule has 1 saturated carbocycles. The molecule has 0 aliphatic heterocycles. The Kier molecular flexibility index (Phi) is 7.92. The number of carbonyl (C=O) groups excluding carboxylic acids is 2. The standard InChI is InChI=1S/C25H31ClN2O2/c1-18-10-6-7-12-21(18)17-28(24(29)16-20-11-8-9-15-23(20)26)19(2)25(30)27-22-13-4-3-5-14-22/h6-12,15,19,22H,3-5,13-14,16-17H2,1-2H3,(H,27,30). The molecule has 1 aliphatic carbocycles. The van der Waals surface area contributed by atoms with E-state index in [9.17, 15) is 9.59 Å². The van der Waals surface area contributed by atoms with Gasteiger partial charge in [0.05, 0.1) is 6.42 Å². The lowest BCUT2D eigenvalue weighted by Gasteiger charge is -2.31. The van der Waals surface area contributed by atoms with Gasteiger partial charge in [-0.15, -0.1) is 0 Å². The maximum atomic E-state index is 13.3. The van der Waals surface area contributed by atoms with Gasteiger partial charge in [-0.05, 0) is 49.4 Å². The first kappa shape index (κ1) is 22.4. The van der Waals surface area contributed by atoms with E-state index in [1.165, 1.54) is 6.42 Å². The minimum Gasteiger partial charge on any atom is -0.352 e. The number of aryl methyl sites for hydroxylation is 1. The first-order valence-electron chi connectivity index (χ1n) is 10.8. The maximum absolute atomic E-state index is 13.3. The van der Waals surface area contributed by atoms with Crippen molar-refractivity contribution in [1.82, 2.24) is 10.2 Å². The summed E-state index contributed by atoms with van der Waals surface area (Å²) in [5.74, 6) is -0.180. The van der Waals surface area contributed by atoms with E-state index in [1.54, 1.807) is 11.0 Å².